The minimum absolute atomic E-state index is 0.0913. The van der Waals surface area contributed by atoms with Crippen molar-refractivity contribution in [2.24, 2.45) is 0 Å². The van der Waals surface area contributed by atoms with E-state index in [2.05, 4.69) is 93.7 Å². The quantitative estimate of drug-likeness (QED) is 0.0146. The molecule has 0 spiro atoms. The molecule has 0 bridgehead atoms. The van der Waals surface area contributed by atoms with Crippen molar-refractivity contribution < 1.29 is 75.8 Å². The molecular weight excluding hydrogens is 1050 g/mol. The second-order valence-electron chi connectivity index (χ2n) is 19.8. The maximum absolute atomic E-state index is 12.8. The van der Waals surface area contributed by atoms with Crippen LogP contribution in [0.3, 0.4) is 0 Å². The van der Waals surface area contributed by atoms with Crippen LogP contribution in [-0.2, 0) is 55.8 Å². The molecule has 0 radical (unpaired) electrons. The molecule has 0 fully saturated rings. The Morgan fingerprint density at radius 3 is 1.16 bits per heavy atom. The van der Waals surface area contributed by atoms with E-state index in [0.717, 1.165) is 109 Å². The number of hydrogen-bond acceptors (Lipinski definition) is 14. The molecule has 4 N–H and O–H groups in total. The van der Waals surface area contributed by atoms with Crippen molar-refractivity contribution in [1.82, 2.24) is 0 Å². The molecule has 456 valence electrons. The molecule has 0 aromatic carbocycles. The molecule has 5 unspecified atom stereocenters. The molecule has 5 atom stereocenters. The van der Waals surface area contributed by atoms with Gasteiger partial charge in [-0.2, -0.15) is 0 Å². The van der Waals surface area contributed by atoms with Crippen molar-refractivity contribution in [3.8, 4) is 0 Å². The van der Waals surface area contributed by atoms with Crippen LogP contribution in [0, 0.1) is 0 Å². The largest absolute Gasteiger partial charge is 0.472 e. The first-order valence-electron chi connectivity index (χ1n) is 29.9. The van der Waals surface area contributed by atoms with E-state index in [0.29, 0.717) is 25.7 Å². The first-order valence-corrected chi connectivity index (χ1v) is 32.9. The number of phosphoric acid groups is 2. The number of ether oxygens (including phenoxy) is 3. The zero-order valence-electron chi connectivity index (χ0n) is 48.8. The smallest absolute Gasteiger partial charge is 0.463 e. The molecule has 0 aromatic rings. The number of hydrogen-bond donors (Lipinski definition) is 4. The first kappa shape index (κ1) is 75.7. The molecular formula is C61H106O16P2. The van der Waals surface area contributed by atoms with E-state index >= 15 is 0 Å². The van der Waals surface area contributed by atoms with Crippen LogP contribution >= 0.6 is 15.6 Å². The summed E-state index contributed by atoms with van der Waals surface area (Å²) in [6, 6.07) is 0. The number of allylic oxidation sites excluding steroid dienone is 14. The van der Waals surface area contributed by atoms with Crippen molar-refractivity contribution in [3.63, 3.8) is 0 Å². The zero-order valence-corrected chi connectivity index (χ0v) is 50.6. The number of rotatable bonds is 56. The summed E-state index contributed by atoms with van der Waals surface area (Å²) in [5, 5.41) is 20.4. The average molecular weight is 1160 g/mol. The third-order valence-electron chi connectivity index (χ3n) is 12.1. The number of carbonyl (C=O) groups is 3. The van der Waals surface area contributed by atoms with Gasteiger partial charge in [0.05, 0.1) is 26.4 Å². The van der Waals surface area contributed by atoms with Crippen LogP contribution < -0.4 is 0 Å². The first-order chi connectivity index (χ1) is 38.2. The van der Waals surface area contributed by atoms with Crippen molar-refractivity contribution in [2.75, 3.05) is 39.6 Å². The predicted octanol–water partition coefficient (Wildman–Crippen LogP) is 15.4. The van der Waals surface area contributed by atoms with E-state index in [9.17, 15) is 43.5 Å². The molecule has 0 aliphatic carbocycles. The maximum Gasteiger partial charge on any atom is 0.472 e. The topological polar surface area (TPSA) is 231 Å². The van der Waals surface area contributed by atoms with Crippen LogP contribution in [0.4, 0.5) is 0 Å². The SMILES string of the molecule is CC/C=C\C/C=C\C/C=C\C/C=C\C/C=C\CCCC(=O)OCC(O)COP(=O)(O)OCC(O)COP(=O)(O)OCC(COC(=O)CCCCCCC/C=C\CCCCCCCC)OC(=O)CCCCCCC/C=C\CCCC. The number of esters is 3. The van der Waals surface area contributed by atoms with Crippen molar-refractivity contribution >= 4 is 33.6 Å². The molecule has 0 rings (SSSR count). The number of aliphatic hydroxyl groups excluding tert-OH is 2. The van der Waals surface area contributed by atoms with Gasteiger partial charge in [-0.3, -0.25) is 32.5 Å². The molecule has 0 saturated carbocycles. The van der Waals surface area contributed by atoms with Gasteiger partial charge in [-0.1, -0.05) is 189 Å². The minimum atomic E-state index is -4.92. The molecule has 0 amide bonds. The summed E-state index contributed by atoms with van der Waals surface area (Å²) in [5.41, 5.74) is 0. The summed E-state index contributed by atoms with van der Waals surface area (Å²) in [5.74, 6) is -1.65. The summed E-state index contributed by atoms with van der Waals surface area (Å²) in [4.78, 5) is 58.0. The van der Waals surface area contributed by atoms with E-state index in [1.54, 1.807) is 0 Å². The Morgan fingerprint density at radius 2 is 0.696 bits per heavy atom. The van der Waals surface area contributed by atoms with Crippen LogP contribution in [0.1, 0.15) is 226 Å². The number of phosphoric ester groups is 2. The van der Waals surface area contributed by atoms with E-state index in [-0.39, 0.29) is 19.3 Å². The lowest BCUT2D eigenvalue weighted by molar-refractivity contribution is -0.161. The Kier molecular flexibility index (Phi) is 53.0. The molecule has 0 aliphatic heterocycles. The van der Waals surface area contributed by atoms with Gasteiger partial charge in [0, 0.05) is 19.3 Å². The number of unbranched alkanes of at least 4 members (excludes halogenated alkanes) is 19. The minimum Gasteiger partial charge on any atom is -0.463 e. The third kappa shape index (κ3) is 56.4. The number of aliphatic hydroxyl groups is 2. The monoisotopic (exact) mass is 1160 g/mol. The van der Waals surface area contributed by atoms with Gasteiger partial charge >= 0.3 is 33.6 Å². The van der Waals surface area contributed by atoms with Crippen LogP contribution in [0.5, 0.6) is 0 Å². The van der Waals surface area contributed by atoms with Gasteiger partial charge in [0.2, 0.25) is 0 Å². The average Bonchev–Trinajstić information content (AvgIpc) is 3.42. The van der Waals surface area contributed by atoms with E-state index in [1.165, 1.54) is 51.4 Å². The lowest BCUT2D eigenvalue weighted by atomic mass is 10.1. The highest BCUT2D eigenvalue weighted by Crippen LogP contribution is 2.45. The van der Waals surface area contributed by atoms with Gasteiger partial charge in [0.25, 0.3) is 0 Å². The fraction of sp³-hybridized carbons (Fsp3) is 0.721. The molecule has 0 aliphatic rings. The molecule has 0 aromatic heterocycles. The fourth-order valence-corrected chi connectivity index (χ4v) is 9.05. The van der Waals surface area contributed by atoms with E-state index in [1.807, 2.05) is 12.2 Å². The molecule has 18 heteroatoms. The molecule has 0 saturated heterocycles. The summed E-state index contributed by atoms with van der Waals surface area (Å²) < 4.78 is 60.5. The van der Waals surface area contributed by atoms with Gasteiger partial charge < -0.3 is 34.2 Å². The molecule has 16 nitrogen and oxygen atoms in total. The van der Waals surface area contributed by atoms with Crippen LogP contribution in [0.2, 0.25) is 0 Å². The van der Waals surface area contributed by atoms with Crippen LogP contribution in [-0.4, -0.2) is 95.9 Å². The Hall–Kier alpha value is -3.27. The van der Waals surface area contributed by atoms with Gasteiger partial charge in [-0.25, -0.2) is 9.13 Å². The standard InChI is InChI=1S/C61H106O16P2/c1-4-7-10-13-16-19-22-24-26-27-29-31-33-35-38-41-44-47-59(64)71-50-56(62)51-73-78(67,68)74-52-57(63)53-75-79(69,70)76-55-58(77-61(66)49-46-43-40-37-32-21-18-15-12-9-6-3)54-72-60(65)48-45-42-39-36-34-30-28-25-23-20-17-14-11-8-5-2/h7,10,15-16,18-19,24-26,28-29,31,35,38,56-58,62-63H,4-6,8-9,11-14,17,20-23,27,30,32-34,36-37,39-55H2,1-3H3,(H,67,68)(H,69,70)/b10-7-,18-15-,19-16-,26-24-,28-25-,31-29-,38-35-. The Labute approximate surface area is 476 Å². The summed E-state index contributed by atoms with van der Waals surface area (Å²) in [6.45, 7) is 2.39. The summed E-state index contributed by atoms with van der Waals surface area (Å²) in [6.07, 6.45) is 55.3. The van der Waals surface area contributed by atoms with Gasteiger partial charge in [0.1, 0.15) is 25.4 Å². The normalized spacial score (nSPS) is 15.1. The molecule has 79 heavy (non-hydrogen) atoms. The highest BCUT2D eigenvalue weighted by Gasteiger charge is 2.29. The third-order valence-corrected chi connectivity index (χ3v) is 14.0. The summed E-state index contributed by atoms with van der Waals surface area (Å²) in [7, 11) is -9.77. The van der Waals surface area contributed by atoms with Crippen molar-refractivity contribution in [1.29, 1.82) is 0 Å². The second-order valence-corrected chi connectivity index (χ2v) is 22.7. The van der Waals surface area contributed by atoms with E-state index in [4.69, 9.17) is 32.3 Å². The maximum atomic E-state index is 12.8. The van der Waals surface area contributed by atoms with Gasteiger partial charge in [-0.15, -0.1) is 0 Å². The summed E-state index contributed by atoms with van der Waals surface area (Å²) >= 11 is 0. The van der Waals surface area contributed by atoms with Crippen molar-refractivity contribution in [2.45, 2.75) is 245 Å². The highest BCUT2D eigenvalue weighted by molar-refractivity contribution is 7.47. The second kappa shape index (κ2) is 55.3. The zero-order chi connectivity index (χ0) is 58.2. The Bertz CT molecular complexity index is 1790. The number of carbonyl (C=O) groups excluding carboxylic acids is 3. The predicted molar refractivity (Wildman–Crippen MR) is 316 cm³/mol. The fourth-order valence-electron chi connectivity index (χ4n) is 7.46. The van der Waals surface area contributed by atoms with Gasteiger partial charge in [-0.05, 0) is 103 Å². The van der Waals surface area contributed by atoms with Crippen molar-refractivity contribution in [3.05, 3.63) is 85.1 Å². The Morgan fingerprint density at radius 1 is 0.367 bits per heavy atom. The van der Waals surface area contributed by atoms with Crippen LogP contribution in [0.15, 0.2) is 85.1 Å². The lowest BCUT2D eigenvalue weighted by Gasteiger charge is -2.21. The highest BCUT2D eigenvalue weighted by atomic mass is 31.2. The molecule has 0 heterocycles. The van der Waals surface area contributed by atoms with Gasteiger partial charge in [0.15, 0.2) is 6.10 Å². The van der Waals surface area contributed by atoms with E-state index < -0.39 is 91.5 Å². The lowest BCUT2D eigenvalue weighted by Crippen LogP contribution is -2.30. The van der Waals surface area contributed by atoms with Crippen LogP contribution in [0.25, 0.3) is 0 Å². The Balaban J connectivity index is 4.70.